The van der Waals surface area contributed by atoms with Crippen molar-refractivity contribution in [3.63, 3.8) is 0 Å². The van der Waals surface area contributed by atoms with E-state index in [1.165, 1.54) is 25.2 Å². The van der Waals surface area contributed by atoms with Gasteiger partial charge in [0, 0.05) is 56.9 Å². The average Bonchev–Trinajstić information content (AvgIpc) is 3.49. The van der Waals surface area contributed by atoms with Crippen molar-refractivity contribution in [3.05, 3.63) is 119 Å². The Hall–Kier alpha value is -4.77. The summed E-state index contributed by atoms with van der Waals surface area (Å²) in [6, 6.07) is 23.1. The molecule has 0 aliphatic carbocycles. The van der Waals surface area contributed by atoms with Crippen LogP contribution in [0.5, 0.6) is 11.5 Å². The summed E-state index contributed by atoms with van der Waals surface area (Å²) < 4.78 is 57.7. The highest BCUT2D eigenvalue weighted by Gasteiger charge is 2.30. The lowest BCUT2D eigenvalue weighted by molar-refractivity contribution is -0.137. The Morgan fingerprint density at radius 3 is 2.13 bits per heavy atom. The Balaban J connectivity index is 1.59. The van der Waals surface area contributed by atoms with E-state index in [0.29, 0.717) is 42.2 Å². The fourth-order valence-corrected chi connectivity index (χ4v) is 5.06. The number of carbonyl (C=O) groups excluding carboxylic acids is 2. The standard InChI is InChI=1S/C35H38F3N3O5/c1-44-17-9-16-40(24-30-14-8-15-39(30)23-27-12-7-13-29(18-27)35(36,37)38)33(42)25-41(22-26-10-5-4-6-11-26)34(43)28-19-31(45-2)21-32(20-28)46-3/h4-8,10-15,18-21H,9,16-17,22-25H2,1-3H3. The maximum atomic E-state index is 14.0. The van der Waals surface area contributed by atoms with Gasteiger partial charge in [0.1, 0.15) is 18.0 Å². The van der Waals surface area contributed by atoms with Crippen LogP contribution < -0.4 is 9.47 Å². The van der Waals surface area contributed by atoms with E-state index >= 15 is 0 Å². The molecule has 0 N–H and O–H groups in total. The number of amides is 2. The largest absolute Gasteiger partial charge is 0.497 e. The van der Waals surface area contributed by atoms with Gasteiger partial charge in [0.2, 0.25) is 5.91 Å². The van der Waals surface area contributed by atoms with Gasteiger partial charge in [-0.2, -0.15) is 13.2 Å². The molecule has 0 unspecified atom stereocenters. The number of aromatic nitrogens is 1. The molecule has 0 radical (unpaired) electrons. The third-order valence-corrected chi connectivity index (χ3v) is 7.44. The van der Waals surface area contributed by atoms with Gasteiger partial charge in [-0.15, -0.1) is 0 Å². The van der Waals surface area contributed by atoms with Gasteiger partial charge in [0.15, 0.2) is 0 Å². The van der Waals surface area contributed by atoms with Gasteiger partial charge in [-0.05, 0) is 53.9 Å². The molecule has 0 aliphatic heterocycles. The minimum atomic E-state index is -4.45. The maximum Gasteiger partial charge on any atom is 0.416 e. The molecule has 0 atom stereocenters. The molecule has 1 aromatic heterocycles. The number of hydrogen-bond acceptors (Lipinski definition) is 5. The van der Waals surface area contributed by atoms with E-state index in [1.54, 1.807) is 48.5 Å². The summed E-state index contributed by atoms with van der Waals surface area (Å²) in [5.74, 6) is 0.217. The summed E-state index contributed by atoms with van der Waals surface area (Å²) in [5, 5.41) is 0. The zero-order valence-electron chi connectivity index (χ0n) is 26.1. The van der Waals surface area contributed by atoms with Crippen LogP contribution in [0.3, 0.4) is 0 Å². The van der Waals surface area contributed by atoms with Crippen LogP contribution in [-0.4, -0.2) is 67.2 Å². The molecule has 4 rings (SSSR count). The van der Waals surface area contributed by atoms with Crippen molar-refractivity contribution < 1.29 is 37.0 Å². The topological polar surface area (TPSA) is 73.2 Å². The number of hydrogen-bond donors (Lipinski definition) is 0. The Bertz CT molecular complexity index is 1570. The molecule has 46 heavy (non-hydrogen) atoms. The first kappa shape index (κ1) is 34.1. The molecule has 0 spiro atoms. The highest BCUT2D eigenvalue weighted by molar-refractivity contribution is 5.97. The maximum absolute atomic E-state index is 14.0. The minimum Gasteiger partial charge on any atom is -0.497 e. The van der Waals surface area contributed by atoms with Crippen molar-refractivity contribution in [3.8, 4) is 11.5 Å². The molecular formula is C35H38F3N3O5. The van der Waals surface area contributed by atoms with Crippen LogP contribution in [0.1, 0.15) is 39.2 Å². The van der Waals surface area contributed by atoms with E-state index in [1.807, 2.05) is 41.0 Å². The lowest BCUT2D eigenvalue weighted by atomic mass is 10.1. The number of methoxy groups -OCH3 is 3. The highest BCUT2D eigenvalue weighted by Crippen LogP contribution is 2.30. The Morgan fingerprint density at radius 2 is 1.48 bits per heavy atom. The number of halogens is 3. The van der Waals surface area contributed by atoms with Crippen LogP contribution in [0.4, 0.5) is 13.2 Å². The quantitative estimate of drug-likeness (QED) is 0.144. The van der Waals surface area contributed by atoms with E-state index in [-0.39, 0.29) is 38.0 Å². The van der Waals surface area contributed by atoms with Crippen LogP contribution in [0, 0.1) is 0 Å². The second-order valence-corrected chi connectivity index (χ2v) is 10.7. The number of ether oxygens (including phenoxy) is 3. The van der Waals surface area contributed by atoms with Gasteiger partial charge in [0.05, 0.1) is 26.3 Å². The molecule has 0 fully saturated rings. The van der Waals surface area contributed by atoms with Gasteiger partial charge in [-0.3, -0.25) is 9.59 Å². The van der Waals surface area contributed by atoms with E-state index in [9.17, 15) is 22.8 Å². The SMILES string of the molecule is COCCCN(Cc1cccn1Cc1cccc(C(F)(F)F)c1)C(=O)CN(Cc1ccccc1)C(=O)c1cc(OC)cc(OC)c1. The van der Waals surface area contributed by atoms with Crippen molar-refractivity contribution in [1.29, 1.82) is 0 Å². The molecule has 0 saturated carbocycles. The normalized spacial score (nSPS) is 11.3. The molecule has 4 aromatic rings. The molecule has 244 valence electrons. The Kier molecular flexibility index (Phi) is 11.9. The number of carbonyl (C=O) groups is 2. The van der Waals surface area contributed by atoms with Crippen molar-refractivity contribution >= 4 is 11.8 Å². The summed E-state index contributed by atoms with van der Waals surface area (Å²) in [6.45, 7) is 1.13. The minimum absolute atomic E-state index is 0.183. The van der Waals surface area contributed by atoms with E-state index in [2.05, 4.69) is 0 Å². The van der Waals surface area contributed by atoms with Crippen LogP contribution >= 0.6 is 0 Å². The van der Waals surface area contributed by atoms with Gasteiger partial charge >= 0.3 is 6.18 Å². The van der Waals surface area contributed by atoms with Gasteiger partial charge in [0.25, 0.3) is 5.91 Å². The van der Waals surface area contributed by atoms with Crippen molar-refractivity contribution in [1.82, 2.24) is 14.4 Å². The zero-order valence-corrected chi connectivity index (χ0v) is 26.1. The fraction of sp³-hybridized carbons (Fsp3) is 0.314. The first-order chi connectivity index (χ1) is 22.1. The van der Waals surface area contributed by atoms with Crippen molar-refractivity contribution in [2.75, 3.05) is 41.0 Å². The van der Waals surface area contributed by atoms with Crippen LogP contribution in [0.25, 0.3) is 0 Å². The van der Waals surface area contributed by atoms with Crippen LogP contribution in [0.2, 0.25) is 0 Å². The van der Waals surface area contributed by atoms with Gasteiger partial charge < -0.3 is 28.6 Å². The first-order valence-electron chi connectivity index (χ1n) is 14.7. The molecule has 3 aromatic carbocycles. The Labute approximate surface area is 266 Å². The summed E-state index contributed by atoms with van der Waals surface area (Å²) >= 11 is 0. The van der Waals surface area contributed by atoms with E-state index < -0.39 is 11.7 Å². The predicted molar refractivity (Wildman–Crippen MR) is 168 cm³/mol. The first-order valence-corrected chi connectivity index (χ1v) is 14.7. The van der Waals surface area contributed by atoms with Gasteiger partial charge in [-0.1, -0.05) is 42.5 Å². The lowest BCUT2D eigenvalue weighted by Crippen LogP contribution is -2.43. The monoisotopic (exact) mass is 637 g/mol. The smallest absolute Gasteiger partial charge is 0.416 e. The number of nitrogens with zero attached hydrogens (tertiary/aromatic N) is 3. The molecular weight excluding hydrogens is 599 g/mol. The van der Waals surface area contributed by atoms with Crippen molar-refractivity contribution in [2.24, 2.45) is 0 Å². The molecule has 0 bridgehead atoms. The zero-order chi connectivity index (χ0) is 33.1. The van der Waals surface area contributed by atoms with Crippen LogP contribution in [0.15, 0.2) is 91.1 Å². The molecule has 8 nitrogen and oxygen atoms in total. The summed E-state index contributed by atoms with van der Waals surface area (Å²) in [7, 11) is 4.57. The molecule has 0 saturated heterocycles. The summed E-state index contributed by atoms with van der Waals surface area (Å²) in [4.78, 5) is 31.0. The summed E-state index contributed by atoms with van der Waals surface area (Å²) in [6.07, 6.45) is -2.12. The number of rotatable bonds is 15. The van der Waals surface area contributed by atoms with Crippen molar-refractivity contribution in [2.45, 2.75) is 32.2 Å². The third-order valence-electron chi connectivity index (χ3n) is 7.44. The second kappa shape index (κ2) is 16.0. The van der Waals surface area contributed by atoms with E-state index in [4.69, 9.17) is 14.2 Å². The molecule has 0 aliphatic rings. The lowest BCUT2D eigenvalue weighted by Gasteiger charge is -2.28. The summed E-state index contributed by atoms with van der Waals surface area (Å²) in [5.41, 5.74) is 1.66. The Morgan fingerprint density at radius 1 is 0.783 bits per heavy atom. The number of benzene rings is 3. The highest BCUT2D eigenvalue weighted by atomic mass is 19.4. The molecule has 1 heterocycles. The third kappa shape index (κ3) is 9.37. The predicted octanol–water partition coefficient (Wildman–Crippen LogP) is 6.28. The van der Waals surface area contributed by atoms with Gasteiger partial charge in [-0.25, -0.2) is 0 Å². The molecule has 2 amide bonds. The van der Waals surface area contributed by atoms with Crippen LogP contribution in [-0.2, 0) is 35.3 Å². The molecule has 11 heteroatoms. The average molecular weight is 638 g/mol. The fourth-order valence-electron chi connectivity index (χ4n) is 5.06. The van der Waals surface area contributed by atoms with E-state index in [0.717, 1.165) is 23.4 Å². The second-order valence-electron chi connectivity index (χ2n) is 10.7. The number of alkyl halides is 3.